The van der Waals surface area contributed by atoms with Crippen LogP contribution in [0.25, 0.3) is 6.08 Å². The van der Waals surface area contributed by atoms with Gasteiger partial charge in [-0.3, -0.25) is 0 Å². The van der Waals surface area contributed by atoms with Crippen LogP contribution >= 0.6 is 0 Å². The van der Waals surface area contributed by atoms with Crippen LogP contribution in [0.5, 0.6) is 0 Å². The van der Waals surface area contributed by atoms with Crippen LogP contribution in [-0.2, 0) is 9.53 Å². The first-order valence-corrected chi connectivity index (χ1v) is 7.40. The Balaban J connectivity index is 1.90. The molecule has 2 aromatic rings. The maximum atomic E-state index is 12.0. The number of rotatable bonds is 3. The maximum Gasteiger partial charge on any atom is 0.363 e. The van der Waals surface area contributed by atoms with Crippen molar-refractivity contribution < 1.29 is 9.53 Å². The number of nitrogens with zero attached hydrogens (tertiary/aromatic N) is 2. The number of benzene rings is 2. The molecular formula is C19H18N2O2. The lowest BCUT2D eigenvalue weighted by atomic mass is 10.1. The van der Waals surface area contributed by atoms with Gasteiger partial charge in [0, 0.05) is 25.3 Å². The fraction of sp³-hybridized carbons (Fsp3) is 0.158. The molecule has 4 heteroatoms. The third-order valence-electron chi connectivity index (χ3n) is 3.71. The van der Waals surface area contributed by atoms with E-state index < -0.39 is 5.97 Å². The van der Waals surface area contributed by atoms with E-state index in [4.69, 9.17) is 4.74 Å². The minimum atomic E-state index is -0.417. The third-order valence-corrected chi connectivity index (χ3v) is 3.71. The number of carbonyl (C=O) groups excluding carboxylic acids is 1. The Bertz CT molecular complexity index is 802. The second-order valence-corrected chi connectivity index (χ2v) is 5.64. The summed E-state index contributed by atoms with van der Waals surface area (Å²) in [5.41, 5.74) is 4.20. The van der Waals surface area contributed by atoms with Gasteiger partial charge >= 0.3 is 5.97 Å². The first-order chi connectivity index (χ1) is 11.0. The molecule has 0 spiro atoms. The summed E-state index contributed by atoms with van der Waals surface area (Å²) in [5.74, 6) is -0.0517. The molecule has 0 fully saturated rings. The number of carbonyl (C=O) groups is 1. The first kappa shape index (κ1) is 15.0. The van der Waals surface area contributed by atoms with E-state index in [1.165, 1.54) is 0 Å². The standard InChI is InChI=1S/C19H18N2O2/c1-13-6-4-5-7-16(13)18-20-17(19(22)23-18)12-14-8-10-15(11-9-14)21(2)3/h4-12H,1-3H3/b17-12-. The second kappa shape index (κ2) is 6.08. The minimum absolute atomic E-state index is 0.320. The molecule has 1 heterocycles. The Labute approximate surface area is 135 Å². The zero-order chi connectivity index (χ0) is 16.4. The third kappa shape index (κ3) is 3.16. The van der Waals surface area contributed by atoms with Gasteiger partial charge in [-0.05, 0) is 42.3 Å². The summed E-state index contributed by atoms with van der Waals surface area (Å²) in [6.07, 6.45) is 1.74. The van der Waals surface area contributed by atoms with Gasteiger partial charge in [-0.2, -0.15) is 0 Å². The normalized spacial score (nSPS) is 15.5. The molecule has 0 saturated heterocycles. The van der Waals surface area contributed by atoms with Crippen LogP contribution in [0.4, 0.5) is 5.69 Å². The van der Waals surface area contributed by atoms with Gasteiger partial charge in [0.05, 0.1) is 0 Å². The van der Waals surface area contributed by atoms with Crippen LogP contribution in [0, 0.1) is 6.92 Å². The van der Waals surface area contributed by atoms with Gasteiger partial charge in [-0.25, -0.2) is 9.79 Å². The highest BCUT2D eigenvalue weighted by molar-refractivity contribution is 6.13. The SMILES string of the molecule is Cc1ccccc1C1=N/C(=C\c2ccc(N(C)C)cc2)C(=O)O1. The van der Waals surface area contributed by atoms with E-state index in [9.17, 15) is 4.79 Å². The number of hydrogen-bond donors (Lipinski definition) is 0. The molecule has 0 amide bonds. The molecule has 1 aliphatic heterocycles. The molecular weight excluding hydrogens is 288 g/mol. The summed E-state index contributed by atoms with van der Waals surface area (Å²) >= 11 is 0. The second-order valence-electron chi connectivity index (χ2n) is 5.64. The molecule has 2 aromatic carbocycles. The van der Waals surface area contributed by atoms with Crippen molar-refractivity contribution in [2.24, 2.45) is 4.99 Å². The van der Waals surface area contributed by atoms with E-state index in [-0.39, 0.29) is 0 Å². The highest BCUT2D eigenvalue weighted by Crippen LogP contribution is 2.21. The van der Waals surface area contributed by atoms with E-state index >= 15 is 0 Å². The smallest absolute Gasteiger partial charge is 0.363 e. The highest BCUT2D eigenvalue weighted by atomic mass is 16.6. The van der Waals surface area contributed by atoms with Crippen molar-refractivity contribution in [2.45, 2.75) is 6.92 Å². The van der Waals surface area contributed by atoms with Crippen LogP contribution in [0.3, 0.4) is 0 Å². The Morgan fingerprint density at radius 3 is 2.39 bits per heavy atom. The van der Waals surface area contributed by atoms with Crippen LogP contribution < -0.4 is 4.90 Å². The summed E-state index contributed by atoms with van der Waals surface area (Å²) in [6.45, 7) is 1.97. The number of cyclic esters (lactones) is 1. The molecule has 0 atom stereocenters. The quantitative estimate of drug-likeness (QED) is 0.644. The van der Waals surface area contributed by atoms with E-state index in [2.05, 4.69) is 4.99 Å². The minimum Gasteiger partial charge on any atom is -0.402 e. The van der Waals surface area contributed by atoms with Gasteiger partial charge in [-0.1, -0.05) is 30.3 Å². The maximum absolute atomic E-state index is 12.0. The molecule has 0 bridgehead atoms. The first-order valence-electron chi connectivity index (χ1n) is 7.40. The van der Waals surface area contributed by atoms with Gasteiger partial charge in [0.15, 0.2) is 5.70 Å². The Kier molecular flexibility index (Phi) is 3.98. The van der Waals surface area contributed by atoms with Crippen LogP contribution in [0.1, 0.15) is 16.7 Å². The van der Waals surface area contributed by atoms with Crippen LogP contribution in [0.2, 0.25) is 0 Å². The molecule has 3 rings (SSSR count). The largest absolute Gasteiger partial charge is 0.402 e. The molecule has 116 valence electrons. The van der Waals surface area contributed by atoms with Gasteiger partial charge in [0.25, 0.3) is 0 Å². The lowest BCUT2D eigenvalue weighted by Gasteiger charge is -2.11. The number of hydrogen-bond acceptors (Lipinski definition) is 4. The Morgan fingerprint density at radius 2 is 1.74 bits per heavy atom. The lowest BCUT2D eigenvalue weighted by Crippen LogP contribution is -2.08. The summed E-state index contributed by atoms with van der Waals surface area (Å²) in [6, 6.07) is 15.6. The van der Waals surface area contributed by atoms with Crippen molar-refractivity contribution in [1.29, 1.82) is 0 Å². The van der Waals surface area contributed by atoms with Crippen molar-refractivity contribution >= 4 is 23.6 Å². The summed E-state index contributed by atoms with van der Waals surface area (Å²) in [4.78, 5) is 18.4. The van der Waals surface area contributed by atoms with Crippen LogP contribution in [-0.4, -0.2) is 26.0 Å². The topological polar surface area (TPSA) is 41.9 Å². The zero-order valence-electron chi connectivity index (χ0n) is 13.4. The van der Waals surface area contributed by atoms with Gasteiger partial charge in [-0.15, -0.1) is 0 Å². The van der Waals surface area contributed by atoms with Gasteiger partial charge < -0.3 is 9.64 Å². The van der Waals surface area contributed by atoms with Crippen molar-refractivity contribution in [2.75, 3.05) is 19.0 Å². The van der Waals surface area contributed by atoms with Gasteiger partial charge in [0.2, 0.25) is 5.90 Å². The van der Waals surface area contributed by atoms with Crippen molar-refractivity contribution in [1.82, 2.24) is 0 Å². The molecule has 23 heavy (non-hydrogen) atoms. The Hall–Kier alpha value is -2.88. The lowest BCUT2D eigenvalue weighted by molar-refractivity contribution is -0.129. The number of aryl methyl sites for hydroxylation is 1. The molecule has 0 aliphatic carbocycles. The average molecular weight is 306 g/mol. The van der Waals surface area contributed by atoms with Crippen molar-refractivity contribution in [3.63, 3.8) is 0 Å². The molecule has 4 nitrogen and oxygen atoms in total. The summed E-state index contributed by atoms with van der Waals surface area (Å²) in [7, 11) is 3.97. The molecule has 0 aromatic heterocycles. The fourth-order valence-electron chi connectivity index (χ4n) is 2.36. The Morgan fingerprint density at radius 1 is 1.04 bits per heavy atom. The average Bonchev–Trinajstić information content (AvgIpc) is 2.89. The molecule has 1 aliphatic rings. The highest BCUT2D eigenvalue weighted by Gasteiger charge is 2.24. The van der Waals surface area contributed by atoms with E-state index in [0.717, 1.165) is 22.4 Å². The number of aliphatic imine (C=N–C) groups is 1. The zero-order valence-corrected chi connectivity index (χ0v) is 13.4. The molecule has 0 saturated carbocycles. The van der Waals surface area contributed by atoms with Crippen molar-refractivity contribution in [3.8, 4) is 0 Å². The predicted octanol–water partition coefficient (Wildman–Crippen LogP) is 3.41. The van der Waals surface area contributed by atoms with E-state index in [1.807, 2.05) is 74.4 Å². The molecule has 0 unspecified atom stereocenters. The predicted molar refractivity (Wildman–Crippen MR) is 92.6 cm³/mol. The fourth-order valence-corrected chi connectivity index (χ4v) is 2.36. The molecule has 0 radical (unpaired) electrons. The van der Waals surface area contributed by atoms with E-state index in [1.54, 1.807) is 6.08 Å². The summed E-state index contributed by atoms with van der Waals surface area (Å²) in [5, 5.41) is 0. The number of anilines is 1. The van der Waals surface area contributed by atoms with E-state index in [0.29, 0.717) is 11.6 Å². The monoisotopic (exact) mass is 306 g/mol. The van der Waals surface area contributed by atoms with Crippen LogP contribution in [0.15, 0.2) is 59.2 Å². The molecule has 0 N–H and O–H groups in total. The number of esters is 1. The summed E-state index contributed by atoms with van der Waals surface area (Å²) < 4.78 is 5.31. The van der Waals surface area contributed by atoms with Gasteiger partial charge in [0.1, 0.15) is 0 Å². The van der Waals surface area contributed by atoms with Crippen molar-refractivity contribution in [3.05, 3.63) is 70.9 Å². The number of ether oxygens (including phenoxy) is 1.